The van der Waals surface area contributed by atoms with Crippen molar-refractivity contribution in [3.8, 4) is 12.3 Å². The quantitative estimate of drug-likeness (QED) is 0.779. The molecule has 18 heavy (non-hydrogen) atoms. The second-order valence-electron chi connectivity index (χ2n) is 4.48. The number of nitrogens with one attached hydrogen (secondary N) is 1. The Morgan fingerprint density at radius 1 is 1.61 bits per heavy atom. The molecule has 0 bridgehead atoms. The van der Waals surface area contributed by atoms with Crippen molar-refractivity contribution in [1.29, 1.82) is 0 Å². The largest absolute Gasteiger partial charge is 0.343 e. The third-order valence-corrected chi connectivity index (χ3v) is 3.07. The van der Waals surface area contributed by atoms with E-state index in [1.165, 1.54) is 12.8 Å². The summed E-state index contributed by atoms with van der Waals surface area (Å²) in [6.45, 7) is 3.51. The van der Waals surface area contributed by atoms with Gasteiger partial charge in [-0.3, -0.25) is 0 Å². The van der Waals surface area contributed by atoms with Crippen LogP contribution < -0.4 is 10.2 Å². The zero-order valence-corrected chi connectivity index (χ0v) is 10.6. The maximum absolute atomic E-state index is 14.3. The van der Waals surface area contributed by atoms with E-state index in [9.17, 15) is 4.39 Å². The molecule has 1 aromatic rings. The molecule has 1 aliphatic rings. The lowest BCUT2D eigenvalue weighted by Gasteiger charge is -2.20. The van der Waals surface area contributed by atoms with E-state index in [4.69, 9.17) is 6.42 Å². The maximum atomic E-state index is 14.3. The Kier molecular flexibility index (Phi) is 4.16. The summed E-state index contributed by atoms with van der Waals surface area (Å²) in [6.07, 6.45) is 9.31. The number of hydrogen-bond donors (Lipinski definition) is 1. The number of nitrogens with zero attached hydrogens (tertiary/aromatic N) is 2. The van der Waals surface area contributed by atoms with Crippen LogP contribution in [0.2, 0.25) is 0 Å². The summed E-state index contributed by atoms with van der Waals surface area (Å²) in [4.78, 5) is 5.86. The van der Waals surface area contributed by atoms with Gasteiger partial charge >= 0.3 is 0 Å². The summed E-state index contributed by atoms with van der Waals surface area (Å²) in [6, 6.07) is 2.28. The van der Waals surface area contributed by atoms with Crippen LogP contribution in [0.3, 0.4) is 0 Å². The maximum Gasteiger partial charge on any atom is 0.170 e. The number of rotatable bonds is 6. The van der Waals surface area contributed by atoms with Crippen LogP contribution >= 0.6 is 0 Å². The standard InChI is InChI=1S/C14H18FN3/c1-3-9-18(4-2)14-13(15)11(7-8-16-14)10-17-12-5-6-12/h1,7-8,12,17H,4-6,9-10H2,2H3. The van der Waals surface area contributed by atoms with Crippen molar-refractivity contribution in [2.24, 2.45) is 0 Å². The number of pyridine rings is 1. The van der Waals surface area contributed by atoms with Crippen molar-refractivity contribution in [1.82, 2.24) is 10.3 Å². The molecule has 0 spiro atoms. The first-order valence-corrected chi connectivity index (χ1v) is 6.31. The highest BCUT2D eigenvalue weighted by Gasteiger charge is 2.21. The summed E-state index contributed by atoms with van der Waals surface area (Å²) in [5.74, 6) is 2.62. The lowest BCUT2D eigenvalue weighted by molar-refractivity contribution is 0.577. The summed E-state index contributed by atoms with van der Waals surface area (Å²) in [7, 11) is 0. The van der Waals surface area contributed by atoms with Gasteiger partial charge in [-0.2, -0.15) is 0 Å². The number of anilines is 1. The van der Waals surface area contributed by atoms with Crippen LogP contribution in [0.1, 0.15) is 25.3 Å². The summed E-state index contributed by atoms with van der Waals surface area (Å²) < 4.78 is 14.3. The zero-order chi connectivity index (χ0) is 13.0. The Morgan fingerprint density at radius 3 is 3.00 bits per heavy atom. The van der Waals surface area contributed by atoms with Crippen molar-refractivity contribution in [2.75, 3.05) is 18.0 Å². The topological polar surface area (TPSA) is 28.2 Å². The van der Waals surface area contributed by atoms with Gasteiger partial charge in [0.2, 0.25) is 0 Å². The van der Waals surface area contributed by atoms with Gasteiger partial charge < -0.3 is 10.2 Å². The van der Waals surface area contributed by atoms with Crippen LogP contribution in [0, 0.1) is 18.2 Å². The minimum Gasteiger partial charge on any atom is -0.343 e. The van der Waals surface area contributed by atoms with Crippen molar-refractivity contribution in [3.63, 3.8) is 0 Å². The van der Waals surface area contributed by atoms with Crippen molar-refractivity contribution in [3.05, 3.63) is 23.6 Å². The first-order chi connectivity index (χ1) is 8.76. The SMILES string of the molecule is C#CCN(CC)c1nccc(CNC2CC2)c1F. The normalized spacial score (nSPS) is 14.3. The summed E-state index contributed by atoms with van der Waals surface area (Å²) >= 11 is 0. The fourth-order valence-corrected chi connectivity index (χ4v) is 1.82. The number of terminal acetylenes is 1. The van der Waals surface area contributed by atoms with E-state index in [1.54, 1.807) is 17.2 Å². The van der Waals surface area contributed by atoms with Crippen LogP contribution in [-0.2, 0) is 6.54 Å². The van der Waals surface area contributed by atoms with Gasteiger partial charge in [-0.05, 0) is 25.8 Å². The molecule has 1 N–H and O–H groups in total. The highest BCUT2D eigenvalue weighted by molar-refractivity contribution is 5.44. The number of hydrogen-bond acceptors (Lipinski definition) is 3. The van der Waals surface area contributed by atoms with Crippen LogP contribution in [0.4, 0.5) is 10.2 Å². The molecule has 0 aliphatic heterocycles. The molecule has 0 atom stereocenters. The summed E-state index contributed by atoms with van der Waals surface area (Å²) in [5, 5.41) is 3.30. The van der Waals surface area contributed by atoms with E-state index in [0.717, 1.165) is 0 Å². The Balaban J connectivity index is 2.14. The van der Waals surface area contributed by atoms with Gasteiger partial charge in [-0.25, -0.2) is 9.37 Å². The predicted octanol–water partition coefficient (Wildman–Crippen LogP) is 1.93. The Bertz CT molecular complexity index is 449. The van der Waals surface area contributed by atoms with Crippen LogP contribution in [0.5, 0.6) is 0 Å². The third kappa shape index (κ3) is 2.99. The fourth-order valence-electron chi connectivity index (χ4n) is 1.82. The highest BCUT2D eigenvalue weighted by atomic mass is 19.1. The van der Waals surface area contributed by atoms with Crippen molar-refractivity contribution >= 4 is 5.82 Å². The fraction of sp³-hybridized carbons (Fsp3) is 0.500. The lowest BCUT2D eigenvalue weighted by Crippen LogP contribution is -2.26. The molecule has 1 fully saturated rings. The average Bonchev–Trinajstić information content (AvgIpc) is 3.19. The van der Waals surface area contributed by atoms with Gasteiger partial charge in [0.15, 0.2) is 11.6 Å². The molecular formula is C14H18FN3. The minimum absolute atomic E-state index is 0.261. The van der Waals surface area contributed by atoms with Gasteiger partial charge in [0.1, 0.15) is 0 Å². The zero-order valence-electron chi connectivity index (χ0n) is 10.6. The molecule has 0 unspecified atom stereocenters. The van der Waals surface area contributed by atoms with E-state index in [0.29, 0.717) is 37.1 Å². The molecule has 0 aromatic carbocycles. The van der Waals surface area contributed by atoms with Crippen LogP contribution in [0.15, 0.2) is 12.3 Å². The second kappa shape index (κ2) is 5.83. The number of aromatic nitrogens is 1. The van der Waals surface area contributed by atoms with Crippen LogP contribution in [-0.4, -0.2) is 24.1 Å². The second-order valence-corrected chi connectivity index (χ2v) is 4.48. The van der Waals surface area contributed by atoms with Gasteiger partial charge in [0.05, 0.1) is 6.54 Å². The van der Waals surface area contributed by atoms with Gasteiger partial charge in [0.25, 0.3) is 0 Å². The average molecular weight is 247 g/mol. The Hall–Kier alpha value is -1.60. The first-order valence-electron chi connectivity index (χ1n) is 6.31. The smallest absolute Gasteiger partial charge is 0.170 e. The minimum atomic E-state index is -0.261. The molecule has 3 nitrogen and oxygen atoms in total. The molecular weight excluding hydrogens is 229 g/mol. The molecule has 0 amide bonds. The molecule has 1 aromatic heterocycles. The van der Waals surface area contributed by atoms with Gasteiger partial charge in [-0.15, -0.1) is 6.42 Å². The summed E-state index contributed by atoms with van der Waals surface area (Å²) in [5.41, 5.74) is 0.655. The first kappa shape index (κ1) is 12.8. The molecule has 1 saturated carbocycles. The molecule has 2 rings (SSSR count). The number of halogens is 1. The van der Waals surface area contributed by atoms with E-state index in [1.807, 2.05) is 6.92 Å². The van der Waals surface area contributed by atoms with E-state index < -0.39 is 0 Å². The molecule has 1 aliphatic carbocycles. The van der Waals surface area contributed by atoms with E-state index in [-0.39, 0.29) is 5.82 Å². The van der Waals surface area contributed by atoms with Crippen molar-refractivity contribution in [2.45, 2.75) is 32.4 Å². The van der Waals surface area contributed by atoms with Gasteiger partial charge in [-0.1, -0.05) is 5.92 Å². The Labute approximate surface area is 107 Å². The predicted molar refractivity (Wildman–Crippen MR) is 70.8 cm³/mol. The van der Waals surface area contributed by atoms with E-state index >= 15 is 0 Å². The molecule has 0 saturated heterocycles. The molecule has 0 radical (unpaired) electrons. The van der Waals surface area contributed by atoms with Gasteiger partial charge in [0, 0.05) is 30.9 Å². The van der Waals surface area contributed by atoms with Crippen molar-refractivity contribution < 1.29 is 4.39 Å². The lowest BCUT2D eigenvalue weighted by atomic mass is 10.2. The van der Waals surface area contributed by atoms with Crippen LogP contribution in [0.25, 0.3) is 0 Å². The molecule has 4 heteroatoms. The molecule has 1 heterocycles. The van der Waals surface area contributed by atoms with E-state index in [2.05, 4.69) is 16.2 Å². The highest BCUT2D eigenvalue weighted by Crippen LogP contribution is 2.22. The monoisotopic (exact) mass is 247 g/mol. The Morgan fingerprint density at radius 2 is 2.39 bits per heavy atom. The third-order valence-electron chi connectivity index (χ3n) is 3.07. The molecule has 96 valence electrons.